The van der Waals surface area contributed by atoms with Crippen molar-refractivity contribution in [2.75, 3.05) is 0 Å². The molecule has 0 amide bonds. The topological polar surface area (TPSA) is 0 Å². The lowest BCUT2D eigenvalue weighted by Crippen LogP contribution is -2.61. The van der Waals surface area contributed by atoms with Crippen LogP contribution < -0.4 is 15.6 Å². The maximum absolute atomic E-state index is 2.59. The van der Waals surface area contributed by atoms with Crippen LogP contribution in [0.3, 0.4) is 0 Å². The molecule has 156 valence electrons. The standard InChI is InChI=1S/C24H44Si4/c1-19(2)18-27(9,10)23-16-13-20-17-21(28(11,12)26(6,7)8)14-15-22(20)24(23)25(3,4)5/h13-17,19H,18H2,1-12H3. The van der Waals surface area contributed by atoms with E-state index in [0.717, 1.165) is 5.92 Å². The number of benzene rings is 2. The van der Waals surface area contributed by atoms with Crippen LogP contribution in [0.4, 0.5) is 0 Å². The molecule has 4 heteroatoms. The van der Waals surface area contributed by atoms with E-state index < -0.39 is 31.3 Å². The summed E-state index contributed by atoms with van der Waals surface area (Å²) in [7, 11) is -5.43. The average molecular weight is 445 g/mol. The van der Waals surface area contributed by atoms with Gasteiger partial charge in [-0.15, -0.1) is 0 Å². The molecule has 0 bridgehead atoms. The average Bonchev–Trinajstić information content (AvgIpc) is 2.49. The first-order valence-corrected chi connectivity index (χ1v) is 25.3. The van der Waals surface area contributed by atoms with E-state index in [1.807, 2.05) is 0 Å². The molecule has 0 saturated heterocycles. The van der Waals surface area contributed by atoms with Gasteiger partial charge in [-0.3, -0.25) is 0 Å². The normalized spacial score (nSPS) is 14.2. The lowest BCUT2D eigenvalue weighted by atomic mass is 10.1. The lowest BCUT2D eigenvalue weighted by Gasteiger charge is -2.36. The highest BCUT2D eigenvalue weighted by molar-refractivity contribution is 7.45. The Hall–Kier alpha value is -0.432. The van der Waals surface area contributed by atoms with Crippen molar-refractivity contribution in [3.8, 4) is 0 Å². The summed E-state index contributed by atoms with van der Waals surface area (Å²) < 4.78 is 0. The molecule has 0 heterocycles. The molecular formula is C24H44Si4. The van der Waals surface area contributed by atoms with E-state index in [1.165, 1.54) is 11.4 Å². The van der Waals surface area contributed by atoms with Gasteiger partial charge in [0.25, 0.3) is 0 Å². The van der Waals surface area contributed by atoms with E-state index in [-0.39, 0.29) is 0 Å². The number of hydrogen-bond donors (Lipinski definition) is 0. The van der Waals surface area contributed by atoms with Crippen molar-refractivity contribution in [1.29, 1.82) is 0 Å². The summed E-state index contributed by atoms with van der Waals surface area (Å²) in [6, 6.07) is 14.0. The van der Waals surface area contributed by atoms with Crippen LogP contribution in [0.25, 0.3) is 10.8 Å². The fraction of sp³-hybridized carbons (Fsp3) is 0.583. The van der Waals surface area contributed by atoms with E-state index in [0.29, 0.717) is 0 Å². The van der Waals surface area contributed by atoms with Crippen molar-refractivity contribution in [3.63, 3.8) is 0 Å². The molecule has 2 aromatic carbocycles. The molecule has 0 aliphatic rings. The summed E-state index contributed by atoms with van der Waals surface area (Å²) in [4.78, 5) is 0. The monoisotopic (exact) mass is 444 g/mol. The van der Waals surface area contributed by atoms with E-state index in [4.69, 9.17) is 0 Å². The Morgan fingerprint density at radius 2 is 1.32 bits per heavy atom. The van der Waals surface area contributed by atoms with Gasteiger partial charge in [-0.25, -0.2) is 0 Å². The van der Waals surface area contributed by atoms with Crippen LogP contribution in [-0.4, -0.2) is 31.3 Å². The van der Waals surface area contributed by atoms with Gasteiger partial charge in [-0.2, -0.15) is 0 Å². The Kier molecular flexibility index (Phi) is 6.54. The fourth-order valence-electron chi connectivity index (χ4n) is 4.65. The molecule has 2 rings (SSSR count). The minimum atomic E-state index is -1.45. The lowest BCUT2D eigenvalue weighted by molar-refractivity contribution is 0.723. The van der Waals surface area contributed by atoms with Gasteiger partial charge in [0, 0.05) is 7.59 Å². The van der Waals surface area contributed by atoms with Gasteiger partial charge >= 0.3 is 0 Å². The van der Waals surface area contributed by atoms with Crippen LogP contribution in [0.5, 0.6) is 0 Å². The molecule has 0 nitrogen and oxygen atoms in total. The van der Waals surface area contributed by atoms with E-state index >= 15 is 0 Å². The smallest absolute Gasteiger partial charge is 0.0712 e. The second kappa shape index (κ2) is 7.68. The molecule has 0 aliphatic carbocycles. The van der Waals surface area contributed by atoms with Crippen LogP contribution in [0, 0.1) is 5.92 Å². The molecule has 0 radical (unpaired) electrons. The summed E-state index contributed by atoms with van der Waals surface area (Å²) in [5.74, 6) is 0.776. The minimum Gasteiger partial charge on any atom is -0.0712 e. The van der Waals surface area contributed by atoms with Gasteiger partial charge in [0.15, 0.2) is 0 Å². The molecule has 0 fully saturated rings. The van der Waals surface area contributed by atoms with Crippen molar-refractivity contribution in [1.82, 2.24) is 0 Å². The van der Waals surface area contributed by atoms with Gasteiger partial charge in [-0.05, 0) is 16.7 Å². The van der Waals surface area contributed by atoms with Crippen molar-refractivity contribution in [3.05, 3.63) is 30.3 Å². The van der Waals surface area contributed by atoms with Crippen LogP contribution >= 0.6 is 0 Å². The highest BCUT2D eigenvalue weighted by atomic mass is 29.3. The molecule has 0 spiro atoms. The maximum Gasteiger partial charge on any atom is 0.0807 e. The SMILES string of the molecule is CC(C)C[Si](C)(C)c1ccc2cc([Si](C)(C)[Si](C)(C)C)ccc2c1[Si](C)(C)C. The zero-order valence-electron chi connectivity index (χ0n) is 20.7. The van der Waals surface area contributed by atoms with Crippen molar-refractivity contribution in [2.24, 2.45) is 5.92 Å². The van der Waals surface area contributed by atoms with E-state index in [9.17, 15) is 0 Å². The summed E-state index contributed by atoms with van der Waals surface area (Å²) in [6.45, 7) is 30.4. The van der Waals surface area contributed by atoms with Crippen LogP contribution in [0.2, 0.25) is 71.5 Å². The summed E-state index contributed by atoms with van der Waals surface area (Å²) in [6.07, 6.45) is 0. The zero-order valence-corrected chi connectivity index (χ0v) is 24.7. The highest BCUT2D eigenvalue weighted by Gasteiger charge is 2.39. The van der Waals surface area contributed by atoms with Crippen LogP contribution in [-0.2, 0) is 0 Å². The third-order valence-corrected chi connectivity index (χ3v) is 30.6. The van der Waals surface area contributed by atoms with Gasteiger partial charge in [0.2, 0.25) is 0 Å². The molecule has 28 heavy (non-hydrogen) atoms. The second-order valence-electron chi connectivity index (χ2n) is 12.5. The van der Waals surface area contributed by atoms with Gasteiger partial charge in [0.05, 0.1) is 23.7 Å². The Labute approximate surface area is 179 Å². The highest BCUT2D eigenvalue weighted by Crippen LogP contribution is 2.24. The Balaban J connectivity index is 2.77. The zero-order chi connectivity index (χ0) is 21.7. The van der Waals surface area contributed by atoms with E-state index in [2.05, 4.69) is 110 Å². The van der Waals surface area contributed by atoms with Gasteiger partial charge in [0.1, 0.15) is 0 Å². The third-order valence-electron chi connectivity index (χ3n) is 7.01. The predicted molar refractivity (Wildman–Crippen MR) is 144 cm³/mol. The first-order chi connectivity index (χ1) is 12.5. The van der Waals surface area contributed by atoms with Crippen molar-refractivity contribution < 1.29 is 0 Å². The molecule has 0 aromatic heterocycles. The van der Waals surface area contributed by atoms with Crippen molar-refractivity contribution in [2.45, 2.75) is 85.4 Å². The Morgan fingerprint density at radius 1 is 0.750 bits per heavy atom. The summed E-state index contributed by atoms with van der Waals surface area (Å²) in [5, 5.41) is 8.20. The number of hydrogen-bond acceptors (Lipinski definition) is 0. The van der Waals surface area contributed by atoms with Crippen LogP contribution in [0.15, 0.2) is 30.3 Å². The maximum atomic E-state index is 2.59. The fourth-order valence-corrected chi connectivity index (χ4v) is 17.3. The second-order valence-corrected chi connectivity index (χ2v) is 38.8. The molecule has 0 saturated carbocycles. The summed E-state index contributed by atoms with van der Waals surface area (Å²) >= 11 is 0. The molecule has 0 aliphatic heterocycles. The van der Waals surface area contributed by atoms with E-state index in [1.54, 1.807) is 20.9 Å². The molecule has 0 N–H and O–H groups in total. The van der Waals surface area contributed by atoms with Crippen LogP contribution in [0.1, 0.15) is 13.8 Å². The minimum absolute atomic E-state index is 0.776. The molecule has 2 aromatic rings. The largest absolute Gasteiger partial charge is 0.0807 e. The quantitative estimate of drug-likeness (QED) is 0.459. The van der Waals surface area contributed by atoms with Crippen molar-refractivity contribution >= 4 is 57.7 Å². The third kappa shape index (κ3) is 4.66. The molecule has 0 unspecified atom stereocenters. The first kappa shape index (κ1) is 23.8. The number of rotatable bonds is 6. The Morgan fingerprint density at radius 3 is 1.79 bits per heavy atom. The van der Waals surface area contributed by atoms with Gasteiger partial charge in [-0.1, -0.05) is 131 Å². The summed E-state index contributed by atoms with van der Waals surface area (Å²) in [5.41, 5.74) is 0. The first-order valence-electron chi connectivity index (χ1n) is 11.1. The number of fused-ring (bicyclic) bond motifs is 1. The molecule has 0 atom stereocenters. The van der Waals surface area contributed by atoms with Gasteiger partial charge < -0.3 is 0 Å². The Bertz CT molecular complexity index is 849. The molecular weight excluding hydrogens is 401 g/mol. The predicted octanol–water partition coefficient (Wildman–Crippen LogP) is 6.29.